The molecule has 1 heteroatoms. The van der Waals surface area contributed by atoms with Gasteiger partial charge in [0.25, 0.3) is 0 Å². The van der Waals surface area contributed by atoms with Crippen LogP contribution in [0.25, 0.3) is 6.08 Å². The van der Waals surface area contributed by atoms with Crippen molar-refractivity contribution < 1.29 is 4.74 Å². The van der Waals surface area contributed by atoms with Gasteiger partial charge in [-0.15, -0.1) is 0 Å². The van der Waals surface area contributed by atoms with Crippen LogP contribution in [0.4, 0.5) is 0 Å². The van der Waals surface area contributed by atoms with Crippen LogP contribution < -0.4 is 4.74 Å². The number of benzene rings is 1. The molecule has 1 nitrogen and oxygen atoms in total. The summed E-state index contributed by atoms with van der Waals surface area (Å²) in [4.78, 5) is 0. The van der Waals surface area contributed by atoms with E-state index >= 15 is 0 Å². The number of ether oxygens (including phenoxy) is 1. The van der Waals surface area contributed by atoms with E-state index in [-0.39, 0.29) is 0 Å². The molecule has 1 aromatic carbocycles. The van der Waals surface area contributed by atoms with Gasteiger partial charge in [-0.25, -0.2) is 0 Å². The van der Waals surface area contributed by atoms with Gasteiger partial charge in [0, 0.05) is 0 Å². The van der Waals surface area contributed by atoms with Crippen LogP contribution in [0.5, 0.6) is 5.75 Å². The third kappa shape index (κ3) is 4.70. The van der Waals surface area contributed by atoms with E-state index in [2.05, 4.69) is 19.9 Å². The van der Waals surface area contributed by atoms with Crippen LogP contribution >= 0.6 is 0 Å². The monoisotopic (exact) mass is 192 g/mol. The van der Waals surface area contributed by atoms with Crippen LogP contribution in [0.3, 0.4) is 0 Å². The van der Waals surface area contributed by atoms with Crippen molar-refractivity contribution in [1.29, 1.82) is 0 Å². The Labute approximate surface area is 87.4 Å². The van der Waals surface area contributed by atoms with Gasteiger partial charge in [0.15, 0.2) is 0 Å². The first-order chi connectivity index (χ1) is 6.72. The van der Waals surface area contributed by atoms with Crippen molar-refractivity contribution in [3.63, 3.8) is 0 Å². The predicted molar refractivity (Wildman–Crippen MR) is 63.7 cm³/mol. The lowest BCUT2D eigenvalue weighted by Crippen LogP contribution is -1.81. The summed E-state index contributed by atoms with van der Waals surface area (Å²) in [5, 5.41) is 0. The Kier molecular flexibility index (Phi) is 6.55. The van der Waals surface area contributed by atoms with Crippen molar-refractivity contribution >= 4 is 6.08 Å². The van der Waals surface area contributed by atoms with Crippen LogP contribution in [0.15, 0.2) is 29.8 Å². The molecule has 0 fully saturated rings. The summed E-state index contributed by atoms with van der Waals surface area (Å²) in [6.07, 6.45) is 2.14. The average Bonchev–Trinajstić information content (AvgIpc) is 2.21. The summed E-state index contributed by atoms with van der Waals surface area (Å²) in [5.74, 6) is 0.904. The zero-order chi connectivity index (χ0) is 11.0. The summed E-state index contributed by atoms with van der Waals surface area (Å²) >= 11 is 0. The molecule has 0 aliphatic carbocycles. The van der Waals surface area contributed by atoms with E-state index in [4.69, 9.17) is 4.74 Å². The number of rotatable bonds is 2. The Balaban J connectivity index is 0.000000791. The molecule has 0 radical (unpaired) electrons. The molecule has 0 bridgehead atoms. The van der Waals surface area contributed by atoms with E-state index in [1.807, 2.05) is 38.1 Å². The molecule has 0 aromatic heterocycles. The molecule has 0 saturated carbocycles. The third-order valence-corrected chi connectivity index (χ3v) is 1.57. The maximum Gasteiger partial charge on any atom is 0.118 e. The molecule has 0 saturated heterocycles. The average molecular weight is 192 g/mol. The third-order valence-electron chi connectivity index (χ3n) is 1.57. The molecule has 1 aromatic rings. The second kappa shape index (κ2) is 7.19. The topological polar surface area (TPSA) is 9.23 Å². The second-order valence-corrected chi connectivity index (χ2v) is 2.99. The Bertz CT molecular complexity index is 266. The molecule has 14 heavy (non-hydrogen) atoms. The van der Waals surface area contributed by atoms with Gasteiger partial charge in [0.2, 0.25) is 0 Å². The summed E-state index contributed by atoms with van der Waals surface area (Å²) in [5.41, 5.74) is 2.52. The molecule has 78 valence electrons. The maximum atomic E-state index is 5.05. The normalized spacial score (nSPS) is 8.36. The van der Waals surface area contributed by atoms with Crippen LogP contribution in [0.2, 0.25) is 0 Å². The lowest BCUT2D eigenvalue weighted by Gasteiger charge is -1.99. The quantitative estimate of drug-likeness (QED) is 0.684. The Morgan fingerprint density at radius 2 is 1.57 bits per heavy atom. The minimum absolute atomic E-state index is 0.904. The SMILES string of the molecule is CC.COc1ccc(C=C(C)C)cc1. The standard InChI is InChI=1S/C11H14O.C2H6/c1-9(2)8-10-4-6-11(12-3)7-5-10;1-2/h4-8H,1-3H3;1-2H3. The molecule has 0 spiro atoms. The minimum atomic E-state index is 0.904. The fourth-order valence-electron chi connectivity index (χ4n) is 1.03. The van der Waals surface area contributed by atoms with Crippen LogP contribution in [-0.2, 0) is 0 Å². The minimum Gasteiger partial charge on any atom is -0.497 e. The molecular weight excluding hydrogens is 172 g/mol. The number of hydrogen-bond acceptors (Lipinski definition) is 1. The van der Waals surface area contributed by atoms with Crippen molar-refractivity contribution in [2.45, 2.75) is 27.7 Å². The van der Waals surface area contributed by atoms with Gasteiger partial charge in [0.1, 0.15) is 5.75 Å². The zero-order valence-electron chi connectivity index (χ0n) is 9.79. The fraction of sp³-hybridized carbons (Fsp3) is 0.385. The van der Waals surface area contributed by atoms with Crippen molar-refractivity contribution in [1.82, 2.24) is 0 Å². The second-order valence-electron chi connectivity index (χ2n) is 2.99. The Morgan fingerprint density at radius 1 is 1.07 bits per heavy atom. The van der Waals surface area contributed by atoms with E-state index in [9.17, 15) is 0 Å². The van der Waals surface area contributed by atoms with Gasteiger partial charge in [0.05, 0.1) is 7.11 Å². The van der Waals surface area contributed by atoms with Crippen LogP contribution in [0.1, 0.15) is 33.3 Å². The van der Waals surface area contributed by atoms with E-state index < -0.39 is 0 Å². The number of methoxy groups -OCH3 is 1. The first kappa shape index (κ1) is 12.8. The summed E-state index contributed by atoms with van der Waals surface area (Å²) in [7, 11) is 1.68. The Hall–Kier alpha value is -1.24. The molecule has 1 rings (SSSR count). The van der Waals surface area contributed by atoms with Crippen molar-refractivity contribution in [3.8, 4) is 5.75 Å². The summed E-state index contributed by atoms with van der Waals surface area (Å²) in [6.45, 7) is 8.18. The molecule has 0 aliphatic rings. The molecule has 0 atom stereocenters. The van der Waals surface area contributed by atoms with Gasteiger partial charge < -0.3 is 4.74 Å². The zero-order valence-corrected chi connectivity index (χ0v) is 9.79. The predicted octanol–water partition coefficient (Wildman–Crippen LogP) is 4.14. The highest BCUT2D eigenvalue weighted by molar-refractivity contribution is 5.52. The number of allylic oxidation sites excluding steroid dienone is 1. The highest BCUT2D eigenvalue weighted by Crippen LogP contribution is 2.13. The van der Waals surface area contributed by atoms with Crippen molar-refractivity contribution in [3.05, 3.63) is 35.4 Å². The molecular formula is C13H20O. The van der Waals surface area contributed by atoms with Crippen molar-refractivity contribution in [2.75, 3.05) is 7.11 Å². The highest BCUT2D eigenvalue weighted by atomic mass is 16.5. The van der Waals surface area contributed by atoms with E-state index in [0.717, 1.165) is 5.75 Å². The van der Waals surface area contributed by atoms with Gasteiger partial charge >= 0.3 is 0 Å². The molecule has 0 N–H and O–H groups in total. The first-order valence-electron chi connectivity index (χ1n) is 5.01. The maximum absolute atomic E-state index is 5.05. The molecule has 0 amide bonds. The molecule has 0 aliphatic heterocycles. The molecule has 0 unspecified atom stereocenters. The van der Waals surface area contributed by atoms with Gasteiger partial charge in [-0.3, -0.25) is 0 Å². The fourth-order valence-corrected chi connectivity index (χ4v) is 1.03. The van der Waals surface area contributed by atoms with Crippen LogP contribution in [-0.4, -0.2) is 7.11 Å². The highest BCUT2D eigenvalue weighted by Gasteiger charge is 1.89. The largest absolute Gasteiger partial charge is 0.497 e. The van der Waals surface area contributed by atoms with Gasteiger partial charge in [-0.1, -0.05) is 37.6 Å². The lowest BCUT2D eigenvalue weighted by molar-refractivity contribution is 0.415. The van der Waals surface area contributed by atoms with E-state index in [1.165, 1.54) is 11.1 Å². The van der Waals surface area contributed by atoms with Crippen LogP contribution in [0, 0.1) is 0 Å². The molecule has 0 heterocycles. The number of hydrogen-bond donors (Lipinski definition) is 0. The first-order valence-corrected chi connectivity index (χ1v) is 5.01. The van der Waals surface area contributed by atoms with E-state index in [1.54, 1.807) is 7.11 Å². The smallest absolute Gasteiger partial charge is 0.118 e. The summed E-state index contributed by atoms with van der Waals surface area (Å²) in [6, 6.07) is 8.03. The van der Waals surface area contributed by atoms with Gasteiger partial charge in [-0.2, -0.15) is 0 Å². The Morgan fingerprint density at radius 3 is 1.93 bits per heavy atom. The van der Waals surface area contributed by atoms with Crippen molar-refractivity contribution in [2.24, 2.45) is 0 Å². The lowest BCUT2D eigenvalue weighted by atomic mass is 10.1. The summed E-state index contributed by atoms with van der Waals surface area (Å²) < 4.78 is 5.05. The van der Waals surface area contributed by atoms with E-state index in [0.29, 0.717) is 0 Å². The van der Waals surface area contributed by atoms with Gasteiger partial charge in [-0.05, 0) is 31.5 Å².